The molecule has 150 valence electrons. The standard InChI is InChI=1S/C23H32N4O/c1-24-23(25-15-20-7-4-6-19-5-2-3-8-22(19)20)26-21-9-12-27(13-10-21)16-18-11-14-28-17-18/h2-8,18,21H,9-17H2,1H3,(H2,24,25,26). The van der Waals surface area contributed by atoms with E-state index in [-0.39, 0.29) is 0 Å². The SMILES string of the molecule is CN=C(NCc1cccc2ccccc12)NC1CCN(CC2CCOC2)CC1. The average molecular weight is 381 g/mol. The summed E-state index contributed by atoms with van der Waals surface area (Å²) in [4.78, 5) is 7.04. The van der Waals surface area contributed by atoms with Crippen molar-refractivity contribution in [3.05, 3.63) is 48.0 Å². The lowest BCUT2D eigenvalue weighted by Gasteiger charge is -2.34. The van der Waals surface area contributed by atoms with Crippen LogP contribution in [-0.2, 0) is 11.3 Å². The number of rotatable bonds is 5. The molecule has 2 saturated heterocycles. The second-order valence-corrected chi connectivity index (χ2v) is 8.01. The van der Waals surface area contributed by atoms with E-state index in [0.29, 0.717) is 6.04 Å². The van der Waals surface area contributed by atoms with E-state index in [2.05, 4.69) is 63.0 Å². The van der Waals surface area contributed by atoms with E-state index < -0.39 is 0 Å². The first-order valence-electron chi connectivity index (χ1n) is 10.6. The van der Waals surface area contributed by atoms with Gasteiger partial charge in [-0.1, -0.05) is 42.5 Å². The van der Waals surface area contributed by atoms with Gasteiger partial charge in [-0.15, -0.1) is 0 Å². The average Bonchev–Trinajstić information content (AvgIpc) is 3.25. The summed E-state index contributed by atoms with van der Waals surface area (Å²) < 4.78 is 5.51. The van der Waals surface area contributed by atoms with Gasteiger partial charge in [-0.2, -0.15) is 0 Å². The molecule has 0 amide bonds. The van der Waals surface area contributed by atoms with Crippen molar-refractivity contribution in [1.29, 1.82) is 0 Å². The van der Waals surface area contributed by atoms with Crippen LogP contribution in [0.5, 0.6) is 0 Å². The lowest BCUT2D eigenvalue weighted by molar-refractivity contribution is 0.150. The molecular weight excluding hydrogens is 348 g/mol. The van der Waals surface area contributed by atoms with Gasteiger partial charge < -0.3 is 20.3 Å². The molecule has 0 radical (unpaired) electrons. The van der Waals surface area contributed by atoms with E-state index in [1.807, 2.05) is 7.05 Å². The van der Waals surface area contributed by atoms with E-state index in [9.17, 15) is 0 Å². The Morgan fingerprint density at radius 1 is 1.11 bits per heavy atom. The summed E-state index contributed by atoms with van der Waals surface area (Å²) in [5.74, 6) is 1.63. The minimum Gasteiger partial charge on any atom is -0.381 e. The molecule has 5 heteroatoms. The van der Waals surface area contributed by atoms with Crippen LogP contribution in [0.2, 0.25) is 0 Å². The number of piperidine rings is 1. The van der Waals surface area contributed by atoms with Gasteiger partial charge in [0.05, 0.1) is 6.61 Å². The van der Waals surface area contributed by atoms with Gasteiger partial charge in [0, 0.05) is 45.9 Å². The third kappa shape index (κ3) is 4.83. The Hall–Kier alpha value is -2.11. The van der Waals surface area contributed by atoms with Crippen LogP contribution in [0.3, 0.4) is 0 Å². The van der Waals surface area contributed by atoms with Crippen LogP contribution in [0.25, 0.3) is 10.8 Å². The number of guanidine groups is 1. The lowest BCUT2D eigenvalue weighted by atomic mass is 10.0. The van der Waals surface area contributed by atoms with E-state index in [4.69, 9.17) is 4.74 Å². The first-order chi connectivity index (χ1) is 13.8. The number of hydrogen-bond acceptors (Lipinski definition) is 3. The summed E-state index contributed by atoms with van der Waals surface area (Å²) in [5, 5.41) is 9.71. The number of nitrogens with one attached hydrogen (secondary N) is 2. The highest BCUT2D eigenvalue weighted by Gasteiger charge is 2.24. The van der Waals surface area contributed by atoms with Crippen molar-refractivity contribution in [1.82, 2.24) is 15.5 Å². The maximum atomic E-state index is 5.51. The molecule has 1 atom stereocenters. The number of fused-ring (bicyclic) bond motifs is 1. The van der Waals surface area contributed by atoms with Crippen LogP contribution >= 0.6 is 0 Å². The molecule has 0 bridgehead atoms. The second kappa shape index (κ2) is 9.39. The minimum atomic E-state index is 0.495. The quantitative estimate of drug-likeness (QED) is 0.618. The highest BCUT2D eigenvalue weighted by atomic mass is 16.5. The van der Waals surface area contributed by atoms with Gasteiger partial charge >= 0.3 is 0 Å². The number of ether oxygens (including phenoxy) is 1. The maximum absolute atomic E-state index is 5.51. The van der Waals surface area contributed by atoms with E-state index >= 15 is 0 Å². The Kier molecular flexibility index (Phi) is 6.45. The molecule has 0 aliphatic carbocycles. The molecule has 2 fully saturated rings. The molecule has 2 aliphatic rings. The summed E-state index contributed by atoms with van der Waals surface area (Å²) in [7, 11) is 1.85. The molecule has 28 heavy (non-hydrogen) atoms. The minimum absolute atomic E-state index is 0.495. The van der Waals surface area contributed by atoms with Crippen molar-refractivity contribution in [2.75, 3.05) is 39.9 Å². The van der Waals surface area contributed by atoms with Gasteiger partial charge in [0.15, 0.2) is 5.96 Å². The molecule has 0 saturated carbocycles. The zero-order chi connectivity index (χ0) is 19.2. The zero-order valence-electron chi connectivity index (χ0n) is 16.9. The van der Waals surface area contributed by atoms with Crippen LogP contribution in [0.1, 0.15) is 24.8 Å². The maximum Gasteiger partial charge on any atom is 0.191 e. The summed E-state index contributed by atoms with van der Waals surface area (Å²) in [6.07, 6.45) is 3.56. The predicted octanol–water partition coefficient (Wildman–Crippen LogP) is 3.01. The van der Waals surface area contributed by atoms with Gasteiger partial charge in [0.1, 0.15) is 0 Å². The Morgan fingerprint density at radius 2 is 1.93 bits per heavy atom. The van der Waals surface area contributed by atoms with E-state index in [1.54, 1.807) is 0 Å². The summed E-state index contributed by atoms with van der Waals surface area (Å²) in [6.45, 7) is 6.19. The van der Waals surface area contributed by atoms with Crippen molar-refractivity contribution in [2.24, 2.45) is 10.9 Å². The second-order valence-electron chi connectivity index (χ2n) is 8.01. The highest BCUT2D eigenvalue weighted by molar-refractivity contribution is 5.86. The van der Waals surface area contributed by atoms with E-state index in [0.717, 1.165) is 44.7 Å². The molecule has 0 spiro atoms. The van der Waals surface area contributed by atoms with Gasteiger partial charge in [-0.05, 0) is 41.5 Å². The number of likely N-dealkylation sites (tertiary alicyclic amines) is 1. The van der Waals surface area contributed by atoms with Crippen molar-refractivity contribution in [3.63, 3.8) is 0 Å². The normalized spacial score (nSPS) is 21.9. The summed E-state index contributed by atoms with van der Waals surface area (Å²) >= 11 is 0. The smallest absolute Gasteiger partial charge is 0.191 e. The molecular formula is C23H32N4O. The van der Waals surface area contributed by atoms with Crippen LogP contribution in [0, 0.1) is 5.92 Å². The Balaban J connectivity index is 1.26. The summed E-state index contributed by atoms with van der Waals surface area (Å²) in [5.41, 5.74) is 1.30. The van der Waals surface area contributed by atoms with Gasteiger partial charge in [-0.3, -0.25) is 4.99 Å². The fourth-order valence-electron chi connectivity index (χ4n) is 4.37. The van der Waals surface area contributed by atoms with Crippen LogP contribution < -0.4 is 10.6 Å². The molecule has 5 nitrogen and oxygen atoms in total. The fraction of sp³-hybridized carbons (Fsp3) is 0.522. The molecule has 2 aromatic carbocycles. The van der Waals surface area contributed by atoms with Crippen LogP contribution in [-0.4, -0.2) is 56.8 Å². The van der Waals surface area contributed by atoms with Gasteiger partial charge in [0.25, 0.3) is 0 Å². The molecule has 4 rings (SSSR count). The highest BCUT2D eigenvalue weighted by Crippen LogP contribution is 2.19. The van der Waals surface area contributed by atoms with Gasteiger partial charge in [-0.25, -0.2) is 0 Å². The third-order valence-electron chi connectivity index (χ3n) is 6.02. The molecule has 0 aromatic heterocycles. The topological polar surface area (TPSA) is 48.9 Å². The Bertz CT molecular complexity index is 787. The monoisotopic (exact) mass is 380 g/mol. The number of benzene rings is 2. The first-order valence-corrected chi connectivity index (χ1v) is 10.6. The summed E-state index contributed by atoms with van der Waals surface area (Å²) in [6, 6.07) is 15.5. The Labute approximate surface area is 168 Å². The van der Waals surface area contributed by atoms with Crippen molar-refractivity contribution >= 4 is 16.7 Å². The zero-order valence-corrected chi connectivity index (χ0v) is 16.9. The van der Waals surface area contributed by atoms with Crippen molar-refractivity contribution in [2.45, 2.75) is 31.8 Å². The van der Waals surface area contributed by atoms with Crippen molar-refractivity contribution in [3.8, 4) is 0 Å². The van der Waals surface area contributed by atoms with Crippen molar-refractivity contribution < 1.29 is 4.74 Å². The van der Waals surface area contributed by atoms with Crippen LogP contribution in [0.4, 0.5) is 0 Å². The molecule has 1 unspecified atom stereocenters. The molecule has 2 N–H and O–H groups in total. The number of nitrogens with zero attached hydrogens (tertiary/aromatic N) is 2. The molecule has 2 aliphatic heterocycles. The third-order valence-corrected chi connectivity index (χ3v) is 6.02. The number of hydrogen-bond donors (Lipinski definition) is 2. The molecule has 2 heterocycles. The largest absolute Gasteiger partial charge is 0.381 e. The fourth-order valence-corrected chi connectivity index (χ4v) is 4.37. The van der Waals surface area contributed by atoms with Crippen LogP contribution in [0.15, 0.2) is 47.5 Å². The van der Waals surface area contributed by atoms with Gasteiger partial charge in [0.2, 0.25) is 0 Å². The predicted molar refractivity (Wildman–Crippen MR) is 116 cm³/mol. The molecule has 2 aromatic rings. The lowest BCUT2D eigenvalue weighted by Crippen LogP contribution is -2.49. The number of aliphatic imine (C=N–C) groups is 1. The Morgan fingerprint density at radius 3 is 2.71 bits per heavy atom. The first kappa shape index (κ1) is 19.2. The van der Waals surface area contributed by atoms with E-state index in [1.165, 1.54) is 42.1 Å².